The molecule has 2 fully saturated rings. The molecule has 3 atom stereocenters. The number of rotatable bonds is 10. The molecule has 1 aromatic heterocycles. The van der Waals surface area contributed by atoms with Gasteiger partial charge in [0.05, 0.1) is 10.9 Å². The molecule has 232 valence electrons. The van der Waals surface area contributed by atoms with E-state index in [9.17, 15) is 19.2 Å². The number of nitrogens with one attached hydrogen (secondary N) is 2. The number of carbonyl (C=O) groups excluding carboxylic acids is 4. The lowest BCUT2D eigenvalue weighted by Crippen LogP contribution is -2.60. The number of amides is 3. The Morgan fingerprint density at radius 1 is 1.12 bits per heavy atom. The maximum atomic E-state index is 13.8. The van der Waals surface area contributed by atoms with Crippen molar-refractivity contribution in [1.29, 1.82) is 0 Å². The summed E-state index contributed by atoms with van der Waals surface area (Å²) in [7, 11) is 0. The zero-order valence-electron chi connectivity index (χ0n) is 25.7. The summed E-state index contributed by atoms with van der Waals surface area (Å²) in [5, 5.41) is 5.10. The van der Waals surface area contributed by atoms with E-state index in [0.29, 0.717) is 32.2 Å². The molecular formula is C33H45N5O5. The van der Waals surface area contributed by atoms with Gasteiger partial charge in [-0.05, 0) is 62.6 Å². The van der Waals surface area contributed by atoms with E-state index in [1.807, 2.05) is 50.3 Å². The maximum absolute atomic E-state index is 13.8. The van der Waals surface area contributed by atoms with Crippen LogP contribution in [0.1, 0.15) is 83.9 Å². The van der Waals surface area contributed by atoms with Gasteiger partial charge in [0, 0.05) is 17.6 Å². The number of hydrogen-bond donors (Lipinski definition) is 3. The Morgan fingerprint density at radius 2 is 1.84 bits per heavy atom. The van der Waals surface area contributed by atoms with Gasteiger partial charge in [-0.1, -0.05) is 70.4 Å². The standard InChI is InChI=1S/C33H45N5O5/c1-5-25-14-13-24-12-11-23(20-27(24)36-25)15-18-33(16-7-6-8-17-33)32(42)43-28(21(2)3)30(40)35-22(4)31(41)38-19-9-10-26(37-38)29(34)39/h11-15,18,20-22,26,28,37H,5-10,16-17,19H2,1-4H3,(H2,34,39)(H,35,40)/b18-15+/t22-,26-,28?/m0/s1. The number of ether oxygens (including phenoxy) is 1. The summed E-state index contributed by atoms with van der Waals surface area (Å²) in [5.74, 6) is -2.20. The van der Waals surface area contributed by atoms with Crippen molar-refractivity contribution >= 4 is 40.7 Å². The second-order valence-corrected chi connectivity index (χ2v) is 12.2. The van der Waals surface area contributed by atoms with Crippen LogP contribution in [0, 0.1) is 11.3 Å². The normalized spacial score (nSPS) is 20.1. The van der Waals surface area contributed by atoms with Gasteiger partial charge in [-0.2, -0.15) is 0 Å². The highest BCUT2D eigenvalue weighted by molar-refractivity contribution is 5.91. The summed E-state index contributed by atoms with van der Waals surface area (Å²) in [6.07, 6.45) is 8.93. The van der Waals surface area contributed by atoms with Gasteiger partial charge in [-0.25, -0.2) is 5.43 Å². The first kappa shape index (κ1) is 32.1. The van der Waals surface area contributed by atoms with Gasteiger partial charge in [0.2, 0.25) is 5.91 Å². The van der Waals surface area contributed by atoms with Crippen molar-refractivity contribution in [2.24, 2.45) is 17.1 Å². The lowest BCUT2D eigenvalue weighted by atomic mass is 9.73. The lowest BCUT2D eigenvalue weighted by Gasteiger charge is -2.35. The van der Waals surface area contributed by atoms with Gasteiger partial charge in [0.25, 0.3) is 11.8 Å². The Balaban J connectivity index is 1.47. The summed E-state index contributed by atoms with van der Waals surface area (Å²) in [5.41, 5.74) is 10.3. The van der Waals surface area contributed by atoms with Crippen LogP contribution < -0.4 is 16.5 Å². The minimum atomic E-state index is -1.07. The number of carbonyl (C=O) groups is 4. The minimum absolute atomic E-state index is 0.317. The highest BCUT2D eigenvalue weighted by atomic mass is 16.5. The zero-order chi connectivity index (χ0) is 31.1. The quantitative estimate of drug-likeness (QED) is 0.357. The predicted octanol–water partition coefficient (Wildman–Crippen LogP) is 3.81. The van der Waals surface area contributed by atoms with Crippen molar-refractivity contribution in [1.82, 2.24) is 20.7 Å². The first-order valence-corrected chi connectivity index (χ1v) is 15.5. The summed E-state index contributed by atoms with van der Waals surface area (Å²) >= 11 is 0. The number of pyridine rings is 1. The molecule has 1 aliphatic carbocycles. The molecule has 0 bridgehead atoms. The van der Waals surface area contributed by atoms with Crippen molar-refractivity contribution in [2.75, 3.05) is 6.54 Å². The zero-order valence-corrected chi connectivity index (χ0v) is 25.7. The molecule has 1 saturated carbocycles. The molecule has 0 radical (unpaired) electrons. The Kier molecular flexibility index (Phi) is 10.6. The van der Waals surface area contributed by atoms with Crippen molar-refractivity contribution in [3.05, 3.63) is 47.7 Å². The molecule has 4 rings (SSSR count). The van der Waals surface area contributed by atoms with Gasteiger partial charge < -0.3 is 15.8 Å². The van der Waals surface area contributed by atoms with E-state index in [-0.39, 0.29) is 5.92 Å². The van der Waals surface area contributed by atoms with Gasteiger partial charge in [0.1, 0.15) is 12.1 Å². The molecular weight excluding hydrogens is 546 g/mol. The van der Waals surface area contributed by atoms with Crippen LogP contribution in [0.3, 0.4) is 0 Å². The molecule has 0 spiro atoms. The molecule has 43 heavy (non-hydrogen) atoms. The topological polar surface area (TPSA) is 144 Å². The summed E-state index contributed by atoms with van der Waals surface area (Å²) in [4.78, 5) is 56.5. The van der Waals surface area contributed by atoms with E-state index >= 15 is 0 Å². The van der Waals surface area contributed by atoms with Crippen LogP contribution in [0.25, 0.3) is 17.0 Å². The third-order valence-corrected chi connectivity index (χ3v) is 8.51. The van der Waals surface area contributed by atoms with Crippen LogP contribution in [0.5, 0.6) is 0 Å². The summed E-state index contributed by atoms with van der Waals surface area (Å²) in [6, 6.07) is 8.64. The molecule has 2 aliphatic rings. The van der Waals surface area contributed by atoms with Crippen LogP contribution in [0.15, 0.2) is 36.4 Å². The fraction of sp³-hybridized carbons (Fsp3) is 0.545. The molecule has 1 aliphatic heterocycles. The molecule has 2 aromatic rings. The fourth-order valence-corrected chi connectivity index (χ4v) is 5.82. The first-order chi connectivity index (χ1) is 20.5. The van der Waals surface area contributed by atoms with Crippen LogP contribution >= 0.6 is 0 Å². The van der Waals surface area contributed by atoms with Crippen molar-refractivity contribution in [3.8, 4) is 0 Å². The number of benzene rings is 1. The minimum Gasteiger partial charge on any atom is -0.451 e. The predicted molar refractivity (Wildman–Crippen MR) is 165 cm³/mol. The Morgan fingerprint density at radius 3 is 2.51 bits per heavy atom. The van der Waals surface area contributed by atoms with Gasteiger partial charge >= 0.3 is 5.97 Å². The molecule has 10 nitrogen and oxygen atoms in total. The monoisotopic (exact) mass is 591 g/mol. The molecule has 1 unspecified atom stereocenters. The number of aromatic nitrogens is 1. The van der Waals surface area contributed by atoms with E-state index in [4.69, 9.17) is 15.5 Å². The van der Waals surface area contributed by atoms with Gasteiger partial charge in [-0.15, -0.1) is 0 Å². The van der Waals surface area contributed by atoms with E-state index in [0.717, 1.165) is 47.8 Å². The molecule has 4 N–H and O–H groups in total. The average Bonchev–Trinajstić information content (AvgIpc) is 3.01. The second-order valence-electron chi connectivity index (χ2n) is 12.2. The smallest absolute Gasteiger partial charge is 0.316 e. The maximum Gasteiger partial charge on any atom is 0.316 e. The van der Waals surface area contributed by atoms with E-state index < -0.39 is 47.3 Å². The second kappa shape index (κ2) is 14.1. The van der Waals surface area contributed by atoms with Gasteiger partial charge in [-0.3, -0.25) is 29.2 Å². The summed E-state index contributed by atoms with van der Waals surface area (Å²) in [6.45, 7) is 7.66. The number of hydrogen-bond acceptors (Lipinski definition) is 7. The molecule has 3 amide bonds. The number of esters is 1. The Bertz CT molecular complexity index is 1370. The third-order valence-electron chi connectivity index (χ3n) is 8.51. The Hall–Kier alpha value is -3.79. The third kappa shape index (κ3) is 7.79. The fourth-order valence-electron chi connectivity index (χ4n) is 5.82. The highest BCUT2D eigenvalue weighted by Gasteiger charge is 2.42. The van der Waals surface area contributed by atoms with E-state index in [1.165, 1.54) is 5.01 Å². The highest BCUT2D eigenvalue weighted by Crippen LogP contribution is 2.40. The largest absolute Gasteiger partial charge is 0.451 e. The van der Waals surface area contributed by atoms with E-state index in [2.05, 4.69) is 23.7 Å². The van der Waals surface area contributed by atoms with E-state index in [1.54, 1.807) is 6.92 Å². The number of primary amides is 1. The number of nitrogens with two attached hydrogens (primary N) is 1. The van der Waals surface area contributed by atoms with Crippen LogP contribution in [0.2, 0.25) is 0 Å². The summed E-state index contributed by atoms with van der Waals surface area (Å²) < 4.78 is 5.96. The number of hydrazine groups is 1. The lowest BCUT2D eigenvalue weighted by molar-refractivity contribution is -0.168. The van der Waals surface area contributed by atoms with Crippen LogP contribution in [0.4, 0.5) is 0 Å². The first-order valence-electron chi connectivity index (χ1n) is 15.5. The van der Waals surface area contributed by atoms with Crippen LogP contribution in [-0.4, -0.2) is 58.4 Å². The van der Waals surface area contributed by atoms with Crippen LogP contribution in [-0.2, 0) is 30.3 Å². The molecule has 10 heteroatoms. The number of fused-ring (bicyclic) bond motifs is 1. The molecule has 1 saturated heterocycles. The molecule has 1 aromatic carbocycles. The number of aryl methyl sites for hydroxylation is 1. The number of nitrogens with zero attached hydrogens (tertiary/aromatic N) is 2. The molecule has 2 heterocycles. The Labute approximate surface area is 253 Å². The van der Waals surface area contributed by atoms with Crippen molar-refractivity contribution in [2.45, 2.75) is 97.2 Å². The SMILES string of the molecule is CCc1ccc2ccc(/C=C/C3(C(=O)OC(C(=O)N[C@@H](C)C(=O)N4CCC[C@@H](C(N)=O)N4)C(C)C)CCCCC3)cc2n1. The van der Waals surface area contributed by atoms with Crippen molar-refractivity contribution in [3.63, 3.8) is 0 Å². The van der Waals surface area contributed by atoms with Crippen molar-refractivity contribution < 1.29 is 23.9 Å². The average molecular weight is 592 g/mol. The van der Waals surface area contributed by atoms with Gasteiger partial charge in [0.15, 0.2) is 6.10 Å².